The minimum Gasteiger partial charge on any atom is -0.278 e. The molecule has 2 aromatic carbocycles. The van der Waals surface area contributed by atoms with Crippen LogP contribution in [0.1, 0.15) is 23.5 Å². The molecule has 0 aromatic heterocycles. The highest BCUT2D eigenvalue weighted by Crippen LogP contribution is 2.30. The van der Waals surface area contributed by atoms with Crippen LogP contribution >= 0.6 is 11.6 Å². The molecule has 1 heterocycles. The second-order valence-electron chi connectivity index (χ2n) is 5.11. The van der Waals surface area contributed by atoms with E-state index in [9.17, 15) is 9.59 Å². The van der Waals surface area contributed by atoms with Crippen molar-refractivity contribution in [2.75, 3.05) is 0 Å². The SMILES string of the molecule is O=C1C[C@H](c2ccccc2)C(=O)N1Cc1ccc(Cl)cc1. The molecule has 3 rings (SSSR count). The Labute approximate surface area is 128 Å². The number of likely N-dealkylation sites (tertiary alicyclic amines) is 1. The molecule has 2 aromatic rings. The Morgan fingerprint density at radius 1 is 1.00 bits per heavy atom. The summed E-state index contributed by atoms with van der Waals surface area (Å²) in [6.45, 7) is 0.304. The first-order valence-electron chi connectivity index (χ1n) is 6.79. The normalized spacial score (nSPS) is 18.3. The first-order valence-corrected chi connectivity index (χ1v) is 7.16. The van der Waals surface area contributed by atoms with Crippen LogP contribution in [0.5, 0.6) is 0 Å². The molecule has 2 amide bonds. The Morgan fingerprint density at radius 3 is 2.33 bits per heavy atom. The topological polar surface area (TPSA) is 37.4 Å². The summed E-state index contributed by atoms with van der Waals surface area (Å²) in [6, 6.07) is 16.6. The van der Waals surface area contributed by atoms with Gasteiger partial charge in [-0.3, -0.25) is 14.5 Å². The number of carbonyl (C=O) groups is 2. The first kappa shape index (κ1) is 13.8. The summed E-state index contributed by atoms with van der Waals surface area (Å²) >= 11 is 5.84. The summed E-state index contributed by atoms with van der Waals surface area (Å²) in [5.41, 5.74) is 1.80. The van der Waals surface area contributed by atoms with Crippen LogP contribution in [0.2, 0.25) is 5.02 Å². The second-order valence-corrected chi connectivity index (χ2v) is 5.55. The van der Waals surface area contributed by atoms with E-state index in [4.69, 9.17) is 11.6 Å². The summed E-state index contributed by atoms with van der Waals surface area (Å²) in [5.74, 6) is -0.601. The molecule has 0 spiro atoms. The van der Waals surface area contributed by atoms with Gasteiger partial charge in [0.1, 0.15) is 0 Å². The second kappa shape index (κ2) is 5.70. The minimum atomic E-state index is -0.356. The zero-order valence-electron chi connectivity index (χ0n) is 11.3. The number of benzene rings is 2. The molecule has 1 aliphatic heterocycles. The van der Waals surface area contributed by atoms with Crippen molar-refractivity contribution in [1.82, 2.24) is 4.90 Å². The van der Waals surface area contributed by atoms with Crippen molar-refractivity contribution in [2.24, 2.45) is 0 Å². The smallest absolute Gasteiger partial charge is 0.237 e. The summed E-state index contributed by atoms with van der Waals surface area (Å²) in [5, 5.41) is 0.639. The summed E-state index contributed by atoms with van der Waals surface area (Å²) in [4.78, 5) is 25.9. The predicted molar refractivity (Wildman–Crippen MR) is 80.8 cm³/mol. The molecule has 1 atom stereocenters. The summed E-state index contributed by atoms with van der Waals surface area (Å²) < 4.78 is 0. The average Bonchev–Trinajstić information content (AvgIpc) is 2.78. The quantitative estimate of drug-likeness (QED) is 0.815. The lowest BCUT2D eigenvalue weighted by molar-refractivity contribution is -0.139. The van der Waals surface area contributed by atoms with Gasteiger partial charge in [0.2, 0.25) is 11.8 Å². The molecular formula is C17H14ClNO2. The average molecular weight is 300 g/mol. The Morgan fingerprint density at radius 2 is 1.67 bits per heavy atom. The molecule has 3 nitrogen and oxygen atoms in total. The number of rotatable bonds is 3. The van der Waals surface area contributed by atoms with Gasteiger partial charge in [-0.05, 0) is 23.3 Å². The van der Waals surface area contributed by atoms with Gasteiger partial charge in [-0.15, -0.1) is 0 Å². The van der Waals surface area contributed by atoms with Gasteiger partial charge in [-0.1, -0.05) is 54.1 Å². The molecule has 1 fully saturated rings. The van der Waals surface area contributed by atoms with E-state index in [1.165, 1.54) is 4.90 Å². The Balaban J connectivity index is 1.79. The van der Waals surface area contributed by atoms with Gasteiger partial charge in [-0.25, -0.2) is 0 Å². The van der Waals surface area contributed by atoms with Crippen LogP contribution in [0.25, 0.3) is 0 Å². The van der Waals surface area contributed by atoms with Crippen LogP contribution in [-0.4, -0.2) is 16.7 Å². The third-order valence-corrected chi connectivity index (χ3v) is 3.95. The van der Waals surface area contributed by atoms with E-state index in [0.29, 0.717) is 11.6 Å². The standard InChI is InChI=1S/C17H14ClNO2/c18-14-8-6-12(7-9-14)11-19-16(20)10-15(17(19)21)13-4-2-1-3-5-13/h1-9,15H,10-11H2/t15-/m1/s1. The van der Waals surface area contributed by atoms with E-state index >= 15 is 0 Å². The lowest BCUT2D eigenvalue weighted by Crippen LogP contribution is -2.29. The largest absolute Gasteiger partial charge is 0.278 e. The number of halogens is 1. The lowest BCUT2D eigenvalue weighted by atomic mass is 9.98. The number of carbonyl (C=O) groups excluding carboxylic acids is 2. The fourth-order valence-electron chi connectivity index (χ4n) is 2.57. The molecule has 0 bridgehead atoms. The zero-order chi connectivity index (χ0) is 14.8. The molecule has 0 unspecified atom stereocenters. The number of imide groups is 1. The van der Waals surface area contributed by atoms with Crippen LogP contribution in [0, 0.1) is 0 Å². The van der Waals surface area contributed by atoms with E-state index in [1.54, 1.807) is 12.1 Å². The van der Waals surface area contributed by atoms with Gasteiger partial charge in [0.25, 0.3) is 0 Å². The molecule has 0 aliphatic carbocycles. The number of hydrogen-bond donors (Lipinski definition) is 0. The van der Waals surface area contributed by atoms with Crippen molar-refractivity contribution < 1.29 is 9.59 Å². The van der Waals surface area contributed by atoms with E-state index in [0.717, 1.165) is 11.1 Å². The van der Waals surface area contributed by atoms with Gasteiger partial charge >= 0.3 is 0 Å². The maximum absolute atomic E-state index is 12.5. The van der Waals surface area contributed by atoms with Crippen molar-refractivity contribution in [3.05, 3.63) is 70.7 Å². The van der Waals surface area contributed by atoms with Crippen LogP contribution in [-0.2, 0) is 16.1 Å². The Kier molecular flexibility index (Phi) is 3.76. The van der Waals surface area contributed by atoms with Crippen LogP contribution < -0.4 is 0 Å². The molecule has 0 radical (unpaired) electrons. The predicted octanol–water partition coefficient (Wildman–Crippen LogP) is 3.38. The van der Waals surface area contributed by atoms with Crippen molar-refractivity contribution in [3.8, 4) is 0 Å². The Hall–Kier alpha value is -2.13. The van der Waals surface area contributed by atoms with Crippen LogP contribution in [0.4, 0.5) is 0 Å². The zero-order valence-corrected chi connectivity index (χ0v) is 12.1. The van der Waals surface area contributed by atoms with Crippen molar-refractivity contribution in [1.29, 1.82) is 0 Å². The van der Waals surface area contributed by atoms with E-state index < -0.39 is 0 Å². The minimum absolute atomic E-state index is 0.121. The summed E-state index contributed by atoms with van der Waals surface area (Å²) in [7, 11) is 0. The van der Waals surface area contributed by atoms with Crippen LogP contribution in [0.3, 0.4) is 0 Å². The highest BCUT2D eigenvalue weighted by atomic mass is 35.5. The van der Waals surface area contributed by atoms with E-state index in [2.05, 4.69) is 0 Å². The van der Waals surface area contributed by atoms with Crippen molar-refractivity contribution in [3.63, 3.8) is 0 Å². The maximum Gasteiger partial charge on any atom is 0.237 e. The molecule has 4 heteroatoms. The monoisotopic (exact) mass is 299 g/mol. The molecular weight excluding hydrogens is 286 g/mol. The number of nitrogens with zero attached hydrogens (tertiary/aromatic N) is 1. The van der Waals surface area contributed by atoms with Gasteiger partial charge in [-0.2, -0.15) is 0 Å². The third kappa shape index (κ3) is 2.83. The fraction of sp³-hybridized carbons (Fsp3) is 0.176. The van der Waals surface area contributed by atoms with Gasteiger partial charge in [0.15, 0.2) is 0 Å². The third-order valence-electron chi connectivity index (χ3n) is 3.70. The fourth-order valence-corrected chi connectivity index (χ4v) is 2.69. The summed E-state index contributed by atoms with van der Waals surface area (Å²) in [6.07, 6.45) is 0.246. The van der Waals surface area contributed by atoms with Crippen molar-refractivity contribution in [2.45, 2.75) is 18.9 Å². The van der Waals surface area contributed by atoms with Gasteiger partial charge in [0.05, 0.1) is 12.5 Å². The van der Waals surface area contributed by atoms with Crippen LogP contribution in [0.15, 0.2) is 54.6 Å². The lowest BCUT2D eigenvalue weighted by Gasteiger charge is -2.15. The Bertz CT molecular complexity index is 667. The number of hydrogen-bond acceptors (Lipinski definition) is 2. The molecule has 0 N–H and O–H groups in total. The molecule has 21 heavy (non-hydrogen) atoms. The first-order chi connectivity index (χ1) is 10.1. The maximum atomic E-state index is 12.5. The van der Waals surface area contributed by atoms with E-state index in [1.807, 2.05) is 42.5 Å². The molecule has 0 saturated carbocycles. The van der Waals surface area contributed by atoms with Crippen molar-refractivity contribution >= 4 is 23.4 Å². The molecule has 106 valence electrons. The molecule has 1 saturated heterocycles. The molecule has 1 aliphatic rings. The van der Waals surface area contributed by atoms with Gasteiger partial charge in [0, 0.05) is 11.4 Å². The highest BCUT2D eigenvalue weighted by Gasteiger charge is 2.39. The van der Waals surface area contributed by atoms with Gasteiger partial charge < -0.3 is 0 Å². The highest BCUT2D eigenvalue weighted by molar-refractivity contribution is 6.30. The van der Waals surface area contributed by atoms with E-state index in [-0.39, 0.29) is 24.2 Å². The number of amides is 2.